The summed E-state index contributed by atoms with van der Waals surface area (Å²) in [4.78, 5) is 18.0. The van der Waals surface area contributed by atoms with Gasteiger partial charge in [-0.25, -0.2) is 4.79 Å². The van der Waals surface area contributed by atoms with Gasteiger partial charge in [-0.15, -0.1) is 0 Å². The molecule has 0 radical (unpaired) electrons. The van der Waals surface area contributed by atoms with E-state index >= 15 is 0 Å². The third-order valence-electron chi connectivity index (χ3n) is 5.24. The smallest absolute Gasteiger partial charge is 0.335 e. The lowest BCUT2D eigenvalue weighted by atomic mass is 10.0. The van der Waals surface area contributed by atoms with Crippen molar-refractivity contribution in [3.63, 3.8) is 0 Å². The Bertz CT molecular complexity index is 1050. The second kappa shape index (κ2) is 8.28. The number of nitrogens with one attached hydrogen (secondary N) is 1. The van der Waals surface area contributed by atoms with Gasteiger partial charge in [-0.3, -0.25) is 4.98 Å². The fourth-order valence-electron chi connectivity index (χ4n) is 3.95. The van der Waals surface area contributed by atoms with Crippen molar-refractivity contribution in [2.24, 2.45) is 5.92 Å². The lowest BCUT2D eigenvalue weighted by Gasteiger charge is -2.30. The summed E-state index contributed by atoms with van der Waals surface area (Å²) >= 11 is 5.71. The van der Waals surface area contributed by atoms with Crippen LogP contribution in [0.25, 0.3) is 5.69 Å². The Labute approximate surface area is 181 Å². The minimum absolute atomic E-state index is 0.0380. The second-order valence-electron chi connectivity index (χ2n) is 7.83. The first-order valence-electron chi connectivity index (χ1n) is 9.94. The summed E-state index contributed by atoms with van der Waals surface area (Å²) in [5, 5.41) is 13.4. The predicted molar refractivity (Wildman–Crippen MR) is 120 cm³/mol. The number of hydrogen-bond donors (Lipinski definition) is 2. The molecule has 0 bridgehead atoms. The first-order chi connectivity index (χ1) is 14.5. The maximum absolute atomic E-state index is 11.2. The lowest BCUT2D eigenvalue weighted by molar-refractivity contribution is 0.0697. The average Bonchev–Trinajstić information content (AvgIpc) is 3.33. The molecular weight excluding hydrogens is 396 g/mol. The second-order valence-corrected chi connectivity index (χ2v) is 8.21. The van der Waals surface area contributed by atoms with Gasteiger partial charge in [-0.1, -0.05) is 19.9 Å². The molecule has 3 aromatic rings. The molecule has 0 spiro atoms. The zero-order valence-corrected chi connectivity index (χ0v) is 17.7. The molecule has 2 N–H and O–H groups in total. The summed E-state index contributed by atoms with van der Waals surface area (Å²) in [7, 11) is 0. The van der Waals surface area contributed by atoms with E-state index < -0.39 is 5.97 Å². The molecule has 1 saturated heterocycles. The van der Waals surface area contributed by atoms with E-state index in [0.29, 0.717) is 5.92 Å². The van der Waals surface area contributed by atoms with Gasteiger partial charge in [0.15, 0.2) is 5.11 Å². The van der Waals surface area contributed by atoms with Gasteiger partial charge in [0.25, 0.3) is 0 Å². The number of thiocarbonyl (C=S) groups is 1. The molecule has 6 nitrogen and oxygen atoms in total. The predicted octanol–water partition coefficient (Wildman–Crippen LogP) is 4.20. The van der Waals surface area contributed by atoms with Gasteiger partial charge >= 0.3 is 5.97 Å². The topological polar surface area (TPSA) is 70.4 Å². The molecule has 0 amide bonds. The van der Waals surface area contributed by atoms with Crippen molar-refractivity contribution in [1.82, 2.24) is 19.8 Å². The summed E-state index contributed by atoms with van der Waals surface area (Å²) in [5.41, 5.74) is 3.18. The molecule has 4 rings (SSSR count). The van der Waals surface area contributed by atoms with E-state index in [1.54, 1.807) is 18.3 Å². The third kappa shape index (κ3) is 3.80. The molecule has 1 aliphatic heterocycles. The molecule has 1 fully saturated rings. The number of nitrogens with zero attached hydrogens (tertiary/aromatic N) is 3. The standard InChI is InChI=1S/C23H24N4O2S/c1-15(2)14-27-21(20(25-23(27)30)18-6-3-4-12-24-18)19-7-5-13-26(19)17-10-8-16(9-11-17)22(28)29/h3-13,15,20-21H,14H2,1-2H3,(H,25,30)(H,28,29)/t20-,21+/m0/s1. The highest BCUT2D eigenvalue weighted by Gasteiger charge is 2.41. The Hall–Kier alpha value is -3.19. The Morgan fingerprint density at radius 1 is 1.17 bits per heavy atom. The molecule has 0 aliphatic carbocycles. The molecule has 0 saturated carbocycles. The van der Waals surface area contributed by atoms with Crippen LogP contribution < -0.4 is 5.32 Å². The van der Waals surface area contributed by atoms with Crippen molar-refractivity contribution in [2.75, 3.05) is 6.54 Å². The van der Waals surface area contributed by atoms with Crippen molar-refractivity contribution in [3.05, 3.63) is 83.9 Å². The Morgan fingerprint density at radius 2 is 1.93 bits per heavy atom. The van der Waals surface area contributed by atoms with E-state index in [0.717, 1.165) is 28.7 Å². The lowest BCUT2D eigenvalue weighted by Crippen LogP contribution is -2.33. The molecule has 2 aromatic heterocycles. The number of benzene rings is 1. The molecule has 1 aromatic carbocycles. The van der Waals surface area contributed by atoms with Crippen molar-refractivity contribution in [1.29, 1.82) is 0 Å². The number of hydrogen-bond acceptors (Lipinski definition) is 3. The number of rotatable bonds is 6. The van der Waals surface area contributed by atoms with Crippen LogP contribution in [0.4, 0.5) is 0 Å². The zero-order chi connectivity index (χ0) is 21.3. The number of aromatic nitrogens is 2. The van der Waals surface area contributed by atoms with Crippen LogP contribution in [0.2, 0.25) is 0 Å². The highest BCUT2D eigenvalue weighted by Crippen LogP contribution is 2.39. The number of aromatic carboxylic acids is 1. The Balaban J connectivity index is 1.78. The van der Waals surface area contributed by atoms with Crippen molar-refractivity contribution < 1.29 is 9.90 Å². The molecule has 154 valence electrons. The number of pyridine rings is 1. The van der Waals surface area contributed by atoms with Gasteiger partial charge in [0.2, 0.25) is 0 Å². The van der Waals surface area contributed by atoms with Gasteiger partial charge in [0.1, 0.15) is 0 Å². The van der Waals surface area contributed by atoms with Crippen molar-refractivity contribution >= 4 is 23.3 Å². The molecule has 0 unspecified atom stereocenters. The largest absolute Gasteiger partial charge is 0.478 e. The van der Waals surface area contributed by atoms with Crippen LogP contribution in [0.5, 0.6) is 0 Å². The number of carboxylic acids is 1. The summed E-state index contributed by atoms with van der Waals surface area (Å²) in [6.45, 7) is 5.18. The third-order valence-corrected chi connectivity index (χ3v) is 5.59. The minimum Gasteiger partial charge on any atom is -0.478 e. The quantitative estimate of drug-likeness (QED) is 0.583. The Kier molecular flexibility index (Phi) is 5.55. The maximum Gasteiger partial charge on any atom is 0.335 e. The van der Waals surface area contributed by atoms with E-state index in [4.69, 9.17) is 12.2 Å². The molecule has 30 heavy (non-hydrogen) atoms. The molecule has 2 atom stereocenters. The van der Waals surface area contributed by atoms with E-state index in [1.807, 2.05) is 42.6 Å². The maximum atomic E-state index is 11.2. The monoisotopic (exact) mass is 420 g/mol. The summed E-state index contributed by atoms with van der Waals surface area (Å²) < 4.78 is 2.09. The van der Waals surface area contributed by atoms with Crippen LogP contribution in [-0.4, -0.2) is 37.2 Å². The van der Waals surface area contributed by atoms with Crippen molar-refractivity contribution in [2.45, 2.75) is 25.9 Å². The van der Waals surface area contributed by atoms with Gasteiger partial charge in [0.05, 0.1) is 23.3 Å². The number of carboxylic acid groups (broad SMARTS) is 1. The van der Waals surface area contributed by atoms with Crippen LogP contribution in [0.3, 0.4) is 0 Å². The number of carbonyl (C=O) groups is 1. The van der Waals surface area contributed by atoms with Crippen LogP contribution in [0.1, 0.15) is 47.7 Å². The normalized spacial score (nSPS) is 18.6. The van der Waals surface area contributed by atoms with Gasteiger partial charge in [-0.05, 0) is 66.7 Å². The first-order valence-corrected chi connectivity index (χ1v) is 10.4. The fourth-order valence-corrected chi connectivity index (χ4v) is 4.27. The highest BCUT2D eigenvalue weighted by atomic mass is 32.1. The highest BCUT2D eigenvalue weighted by molar-refractivity contribution is 7.80. The van der Waals surface area contributed by atoms with Gasteiger partial charge < -0.3 is 19.9 Å². The first kappa shape index (κ1) is 20.1. The van der Waals surface area contributed by atoms with Crippen LogP contribution in [0, 0.1) is 5.92 Å². The van der Waals surface area contributed by atoms with E-state index in [2.05, 4.69) is 39.7 Å². The summed E-state index contributed by atoms with van der Waals surface area (Å²) in [6, 6.07) is 16.8. The van der Waals surface area contributed by atoms with Crippen molar-refractivity contribution in [3.8, 4) is 5.69 Å². The average molecular weight is 421 g/mol. The van der Waals surface area contributed by atoms with Crippen LogP contribution >= 0.6 is 12.2 Å². The molecule has 7 heteroatoms. The molecular formula is C23H24N4O2S. The molecule has 1 aliphatic rings. The van der Waals surface area contributed by atoms with E-state index in [-0.39, 0.29) is 17.6 Å². The van der Waals surface area contributed by atoms with Crippen LogP contribution in [0.15, 0.2) is 67.0 Å². The van der Waals surface area contributed by atoms with Crippen LogP contribution in [-0.2, 0) is 0 Å². The molecule has 3 heterocycles. The van der Waals surface area contributed by atoms with Gasteiger partial charge in [-0.2, -0.15) is 0 Å². The fraction of sp³-hybridized carbons (Fsp3) is 0.261. The SMILES string of the molecule is CC(C)CN1C(=S)N[C@@H](c2ccccn2)[C@H]1c1cccn1-c1ccc(C(=O)O)cc1. The summed E-state index contributed by atoms with van der Waals surface area (Å²) in [5.74, 6) is -0.494. The van der Waals surface area contributed by atoms with E-state index in [1.165, 1.54) is 0 Å². The van der Waals surface area contributed by atoms with Gasteiger partial charge in [0, 0.05) is 30.3 Å². The zero-order valence-electron chi connectivity index (χ0n) is 16.9. The Morgan fingerprint density at radius 3 is 2.57 bits per heavy atom. The minimum atomic E-state index is -0.932. The van der Waals surface area contributed by atoms with E-state index in [9.17, 15) is 9.90 Å². The summed E-state index contributed by atoms with van der Waals surface area (Å²) in [6.07, 6.45) is 3.79.